The van der Waals surface area contributed by atoms with Gasteiger partial charge in [0.25, 0.3) is 5.69 Å². The van der Waals surface area contributed by atoms with Crippen molar-refractivity contribution in [1.82, 2.24) is 9.55 Å². The van der Waals surface area contributed by atoms with Crippen molar-refractivity contribution in [3.63, 3.8) is 0 Å². The molecule has 10 heteroatoms. The van der Waals surface area contributed by atoms with E-state index in [9.17, 15) is 15.2 Å². The highest BCUT2D eigenvalue weighted by molar-refractivity contribution is 5.94. The topological polar surface area (TPSA) is 141 Å². The first-order chi connectivity index (χ1) is 12.5. The number of guanidine groups is 1. The van der Waals surface area contributed by atoms with Gasteiger partial charge in [0.15, 0.2) is 23.6 Å². The number of imidazole rings is 1. The lowest BCUT2D eigenvalue weighted by Gasteiger charge is -2.24. The first kappa shape index (κ1) is 15.7. The molecule has 10 nitrogen and oxygen atoms in total. The number of nitro benzene ring substituents is 1. The van der Waals surface area contributed by atoms with Crippen LogP contribution < -0.4 is 15.8 Å². The van der Waals surface area contributed by atoms with Gasteiger partial charge < -0.3 is 15.6 Å². The molecule has 4 N–H and O–H groups in total. The summed E-state index contributed by atoms with van der Waals surface area (Å²) in [6.45, 7) is 0. The van der Waals surface area contributed by atoms with Gasteiger partial charge in [-0.1, -0.05) is 12.1 Å². The Morgan fingerprint density at radius 1 is 1.38 bits per heavy atom. The van der Waals surface area contributed by atoms with Crippen LogP contribution in [0.4, 0.5) is 11.6 Å². The van der Waals surface area contributed by atoms with E-state index in [0.717, 1.165) is 11.6 Å². The summed E-state index contributed by atoms with van der Waals surface area (Å²) in [7, 11) is 1.32. The Morgan fingerprint density at radius 2 is 2.15 bits per heavy atom. The van der Waals surface area contributed by atoms with Gasteiger partial charge in [-0.2, -0.15) is 0 Å². The van der Waals surface area contributed by atoms with E-state index >= 15 is 0 Å². The van der Waals surface area contributed by atoms with Gasteiger partial charge >= 0.3 is 0 Å². The van der Waals surface area contributed by atoms with Gasteiger partial charge in [-0.15, -0.1) is 0 Å². The van der Waals surface area contributed by atoms with Gasteiger partial charge in [-0.3, -0.25) is 20.0 Å². The number of rotatable bonds is 3. The van der Waals surface area contributed by atoms with Crippen LogP contribution in [-0.4, -0.2) is 32.7 Å². The van der Waals surface area contributed by atoms with Crippen LogP contribution in [0.15, 0.2) is 41.4 Å². The Hall–Kier alpha value is -3.82. The number of aliphatic imine (C=N–C) groups is 1. The predicted molar refractivity (Wildman–Crippen MR) is 94.4 cm³/mol. The van der Waals surface area contributed by atoms with Gasteiger partial charge in [0, 0.05) is 11.6 Å². The second-order valence-corrected chi connectivity index (χ2v) is 5.65. The number of methoxy groups -OCH3 is 1. The third kappa shape index (κ3) is 2.27. The Labute approximate surface area is 146 Å². The molecule has 132 valence electrons. The minimum atomic E-state index is -0.840. The zero-order valence-corrected chi connectivity index (χ0v) is 13.6. The summed E-state index contributed by atoms with van der Waals surface area (Å²) >= 11 is 0. The van der Waals surface area contributed by atoms with Gasteiger partial charge in [0.05, 0.1) is 29.1 Å². The third-order valence-electron chi connectivity index (χ3n) is 4.14. The number of non-ortho nitro benzene ring substituents is 1. The summed E-state index contributed by atoms with van der Waals surface area (Å²) in [6, 6.07) is 9.74. The SMILES string of the molecule is COc1cc([N+](=O)[O-])cc(C2N=C(N)Nc3nc4ccccc4n32)c1O. The second-order valence-electron chi connectivity index (χ2n) is 5.65. The minimum absolute atomic E-state index is 0.0209. The number of anilines is 1. The molecule has 0 spiro atoms. The van der Waals surface area contributed by atoms with E-state index in [2.05, 4.69) is 15.3 Å². The molecule has 0 saturated heterocycles. The van der Waals surface area contributed by atoms with E-state index in [1.807, 2.05) is 24.3 Å². The minimum Gasteiger partial charge on any atom is -0.504 e. The van der Waals surface area contributed by atoms with Crippen LogP contribution in [0, 0.1) is 10.1 Å². The molecular formula is C16H14N6O4. The fourth-order valence-electron chi connectivity index (χ4n) is 3.00. The highest BCUT2D eigenvalue weighted by Gasteiger charge is 2.30. The smallest absolute Gasteiger partial charge is 0.273 e. The fraction of sp³-hybridized carbons (Fsp3) is 0.125. The average molecular weight is 354 g/mol. The van der Waals surface area contributed by atoms with Crippen LogP contribution >= 0.6 is 0 Å². The molecule has 2 aromatic carbocycles. The van der Waals surface area contributed by atoms with Crippen molar-refractivity contribution in [2.75, 3.05) is 12.4 Å². The fourth-order valence-corrected chi connectivity index (χ4v) is 3.00. The monoisotopic (exact) mass is 354 g/mol. The zero-order valence-electron chi connectivity index (χ0n) is 13.6. The summed E-state index contributed by atoms with van der Waals surface area (Å²) in [5.74, 6) is 0.244. The van der Waals surface area contributed by atoms with E-state index in [1.54, 1.807) is 4.57 Å². The number of nitrogens with one attached hydrogen (secondary N) is 1. The van der Waals surface area contributed by atoms with Crippen LogP contribution in [0.3, 0.4) is 0 Å². The number of aromatic nitrogens is 2. The second kappa shape index (κ2) is 5.62. The number of para-hydroxylation sites is 2. The molecule has 0 bridgehead atoms. The van der Waals surface area contributed by atoms with Crippen LogP contribution in [0.1, 0.15) is 11.7 Å². The first-order valence-electron chi connectivity index (χ1n) is 7.62. The molecule has 26 heavy (non-hydrogen) atoms. The number of hydrogen-bond donors (Lipinski definition) is 3. The van der Waals surface area contributed by atoms with Crippen LogP contribution in [0.2, 0.25) is 0 Å². The normalized spacial score (nSPS) is 15.9. The van der Waals surface area contributed by atoms with Crippen molar-refractivity contribution in [2.24, 2.45) is 10.7 Å². The predicted octanol–water partition coefficient (Wildman–Crippen LogP) is 1.95. The molecule has 1 unspecified atom stereocenters. The largest absolute Gasteiger partial charge is 0.504 e. The molecule has 0 radical (unpaired) electrons. The molecule has 0 aliphatic carbocycles. The Balaban J connectivity index is 2.00. The lowest BCUT2D eigenvalue weighted by molar-refractivity contribution is -0.385. The summed E-state index contributed by atoms with van der Waals surface area (Å²) in [5.41, 5.74) is 7.25. The molecule has 0 saturated carbocycles. The highest BCUT2D eigenvalue weighted by atomic mass is 16.6. The molecule has 0 fully saturated rings. The first-order valence-corrected chi connectivity index (χ1v) is 7.62. The molecule has 3 aromatic rings. The molecular weight excluding hydrogens is 340 g/mol. The van der Waals surface area contributed by atoms with Gasteiger partial charge in [0.1, 0.15) is 0 Å². The maximum atomic E-state index is 11.3. The van der Waals surface area contributed by atoms with Crippen molar-refractivity contribution >= 4 is 28.6 Å². The molecule has 2 heterocycles. The number of nitrogens with two attached hydrogens (primary N) is 1. The summed E-state index contributed by atoms with van der Waals surface area (Å²) < 4.78 is 6.79. The number of ether oxygens (including phenoxy) is 1. The van der Waals surface area contributed by atoms with Crippen molar-refractivity contribution in [3.8, 4) is 11.5 Å². The average Bonchev–Trinajstić information content (AvgIpc) is 2.99. The number of nitrogens with zero attached hydrogens (tertiary/aromatic N) is 4. The van der Waals surface area contributed by atoms with Gasteiger partial charge in [-0.25, -0.2) is 9.98 Å². The molecule has 1 aliphatic rings. The van der Waals surface area contributed by atoms with E-state index in [0.29, 0.717) is 11.5 Å². The lowest BCUT2D eigenvalue weighted by Crippen LogP contribution is -2.31. The number of aromatic hydroxyl groups is 1. The third-order valence-corrected chi connectivity index (χ3v) is 4.14. The van der Waals surface area contributed by atoms with Crippen LogP contribution in [0.5, 0.6) is 11.5 Å². The summed E-state index contributed by atoms with van der Waals surface area (Å²) in [4.78, 5) is 19.5. The van der Waals surface area contributed by atoms with Crippen molar-refractivity contribution < 1.29 is 14.8 Å². The van der Waals surface area contributed by atoms with Gasteiger partial charge in [0.2, 0.25) is 5.95 Å². The standard InChI is InChI=1S/C16H14N6O4/c1-26-12-7-8(22(24)25)6-9(13(12)23)14-19-15(17)20-16-18-10-4-2-3-5-11(10)21(14)16/h2-7,14,23H,1H3,(H3,17,18,19,20). The van der Waals surface area contributed by atoms with Crippen LogP contribution in [0.25, 0.3) is 11.0 Å². The Bertz CT molecular complexity index is 1070. The Kier molecular flexibility index (Phi) is 3.39. The van der Waals surface area contributed by atoms with E-state index in [-0.39, 0.29) is 28.7 Å². The van der Waals surface area contributed by atoms with Crippen molar-refractivity contribution in [3.05, 3.63) is 52.1 Å². The number of phenolic OH excluding ortho intramolecular Hbond substituents is 1. The van der Waals surface area contributed by atoms with E-state index in [4.69, 9.17) is 10.5 Å². The van der Waals surface area contributed by atoms with Crippen molar-refractivity contribution in [1.29, 1.82) is 0 Å². The van der Waals surface area contributed by atoms with E-state index < -0.39 is 11.1 Å². The maximum Gasteiger partial charge on any atom is 0.273 e. The number of hydrogen-bond acceptors (Lipinski definition) is 8. The molecule has 4 rings (SSSR count). The number of benzene rings is 2. The number of phenols is 1. The number of fused-ring (bicyclic) bond motifs is 3. The summed E-state index contributed by atoms with van der Waals surface area (Å²) in [5, 5.41) is 24.7. The Morgan fingerprint density at radius 3 is 2.88 bits per heavy atom. The number of nitro groups is 1. The van der Waals surface area contributed by atoms with Crippen LogP contribution in [-0.2, 0) is 0 Å². The molecule has 0 amide bonds. The summed E-state index contributed by atoms with van der Waals surface area (Å²) in [6.07, 6.45) is -0.840. The van der Waals surface area contributed by atoms with Crippen molar-refractivity contribution in [2.45, 2.75) is 6.17 Å². The zero-order chi connectivity index (χ0) is 18.4. The lowest BCUT2D eigenvalue weighted by atomic mass is 10.1. The van der Waals surface area contributed by atoms with E-state index in [1.165, 1.54) is 13.2 Å². The highest BCUT2D eigenvalue weighted by Crippen LogP contribution is 2.42. The molecule has 1 atom stereocenters. The van der Waals surface area contributed by atoms with Gasteiger partial charge in [-0.05, 0) is 12.1 Å². The maximum absolute atomic E-state index is 11.3. The molecule has 1 aliphatic heterocycles. The molecule has 1 aromatic heterocycles. The quantitative estimate of drug-likeness (QED) is 0.482.